The Morgan fingerprint density at radius 3 is 2.58 bits per heavy atom. The van der Waals surface area contributed by atoms with Crippen LogP contribution < -0.4 is 5.32 Å². The number of fused-ring (bicyclic) bond motifs is 1. The van der Waals surface area contributed by atoms with Gasteiger partial charge in [0.2, 0.25) is 0 Å². The molecule has 0 saturated carbocycles. The molecule has 3 aromatic rings. The quantitative estimate of drug-likeness (QED) is 0.772. The molecule has 0 fully saturated rings. The molecule has 1 aromatic heterocycles. The van der Waals surface area contributed by atoms with Gasteiger partial charge in [0, 0.05) is 5.39 Å². The third-order valence-corrected chi connectivity index (χ3v) is 3.46. The first kappa shape index (κ1) is 11.9. The van der Waals surface area contributed by atoms with Gasteiger partial charge >= 0.3 is 0 Å². The molecule has 3 nitrogen and oxygen atoms in total. The lowest BCUT2D eigenvalue weighted by Crippen LogP contribution is -2.22. The topological polar surface area (TPSA) is 29.9 Å². The maximum Gasteiger partial charge on any atom is 0.0683 e. The Balaban J connectivity index is 1.91. The van der Waals surface area contributed by atoms with Crippen LogP contribution in [0.5, 0.6) is 0 Å². The minimum atomic E-state index is 0.268. The van der Waals surface area contributed by atoms with Crippen LogP contribution in [-0.4, -0.2) is 16.8 Å². The number of nitrogens with one attached hydrogen (secondary N) is 1. The average molecular weight is 251 g/mol. The minimum Gasteiger partial charge on any atom is -0.311 e. The van der Waals surface area contributed by atoms with Crippen LogP contribution in [0.2, 0.25) is 0 Å². The molecular weight excluding hydrogens is 234 g/mol. The van der Waals surface area contributed by atoms with E-state index >= 15 is 0 Å². The minimum absolute atomic E-state index is 0.268. The van der Waals surface area contributed by atoms with Crippen molar-refractivity contribution in [2.75, 3.05) is 7.05 Å². The summed E-state index contributed by atoms with van der Waals surface area (Å²) in [4.78, 5) is 0. The second-order valence-electron chi connectivity index (χ2n) is 4.64. The van der Waals surface area contributed by atoms with E-state index in [0.717, 1.165) is 6.54 Å². The van der Waals surface area contributed by atoms with Crippen LogP contribution >= 0.6 is 0 Å². The lowest BCUT2D eigenvalue weighted by atomic mass is 10.1. The third kappa shape index (κ3) is 2.37. The highest BCUT2D eigenvalue weighted by Crippen LogP contribution is 2.18. The van der Waals surface area contributed by atoms with Gasteiger partial charge in [-0.3, -0.25) is 4.68 Å². The number of nitrogens with zero attached hydrogens (tertiary/aromatic N) is 2. The van der Waals surface area contributed by atoms with Gasteiger partial charge in [-0.2, -0.15) is 5.10 Å². The van der Waals surface area contributed by atoms with E-state index in [4.69, 9.17) is 0 Å². The number of likely N-dealkylation sites (N-methyl/N-ethyl adjacent to an activating group) is 1. The molecule has 19 heavy (non-hydrogen) atoms. The van der Waals surface area contributed by atoms with Crippen molar-refractivity contribution >= 4 is 10.9 Å². The summed E-state index contributed by atoms with van der Waals surface area (Å²) in [5.41, 5.74) is 2.46. The molecule has 3 heteroatoms. The van der Waals surface area contributed by atoms with E-state index < -0.39 is 0 Å². The summed E-state index contributed by atoms with van der Waals surface area (Å²) in [5.74, 6) is 0. The zero-order chi connectivity index (χ0) is 13.1. The average Bonchev–Trinajstić information content (AvgIpc) is 2.89. The Hall–Kier alpha value is -2.13. The van der Waals surface area contributed by atoms with E-state index in [-0.39, 0.29) is 6.04 Å². The zero-order valence-corrected chi connectivity index (χ0v) is 11.0. The van der Waals surface area contributed by atoms with E-state index in [2.05, 4.69) is 57.6 Å². The molecule has 1 N–H and O–H groups in total. The summed E-state index contributed by atoms with van der Waals surface area (Å²) in [7, 11) is 1.99. The molecule has 0 bridgehead atoms. The Morgan fingerprint density at radius 2 is 1.79 bits per heavy atom. The molecule has 1 unspecified atom stereocenters. The predicted molar refractivity (Wildman–Crippen MR) is 78.0 cm³/mol. The maximum atomic E-state index is 4.49. The first-order valence-corrected chi connectivity index (χ1v) is 6.51. The van der Waals surface area contributed by atoms with Crippen molar-refractivity contribution in [3.05, 3.63) is 66.4 Å². The fourth-order valence-electron chi connectivity index (χ4n) is 2.39. The van der Waals surface area contributed by atoms with Gasteiger partial charge in [0.15, 0.2) is 0 Å². The first-order chi connectivity index (χ1) is 9.38. The van der Waals surface area contributed by atoms with Crippen LogP contribution in [-0.2, 0) is 6.54 Å². The summed E-state index contributed by atoms with van der Waals surface area (Å²) in [6, 6.07) is 19.0. The largest absolute Gasteiger partial charge is 0.311 e. The molecule has 0 aliphatic heterocycles. The van der Waals surface area contributed by atoms with Gasteiger partial charge in [-0.15, -0.1) is 0 Å². The fraction of sp³-hybridized carbons (Fsp3) is 0.188. The van der Waals surface area contributed by atoms with E-state index in [9.17, 15) is 0 Å². The van der Waals surface area contributed by atoms with E-state index in [1.807, 2.05) is 25.4 Å². The predicted octanol–water partition coefficient (Wildman–Crippen LogP) is 3.00. The normalized spacial score (nSPS) is 12.7. The molecule has 0 aliphatic rings. The van der Waals surface area contributed by atoms with Crippen molar-refractivity contribution in [1.29, 1.82) is 0 Å². The van der Waals surface area contributed by atoms with Crippen LogP contribution in [0.4, 0.5) is 0 Å². The molecule has 1 atom stereocenters. The number of benzene rings is 2. The van der Waals surface area contributed by atoms with Crippen LogP contribution in [0.1, 0.15) is 11.6 Å². The Bertz CT molecular complexity index is 658. The van der Waals surface area contributed by atoms with Crippen LogP contribution in [0.3, 0.4) is 0 Å². The summed E-state index contributed by atoms with van der Waals surface area (Å²) in [5, 5.41) is 9.03. The van der Waals surface area contributed by atoms with Crippen molar-refractivity contribution in [1.82, 2.24) is 15.1 Å². The van der Waals surface area contributed by atoms with Gasteiger partial charge < -0.3 is 5.32 Å². The Labute approximate surface area is 112 Å². The lowest BCUT2D eigenvalue weighted by molar-refractivity contribution is 0.478. The summed E-state index contributed by atoms with van der Waals surface area (Å²) in [6.45, 7) is 0.827. The molecular formula is C16H17N3. The molecule has 1 heterocycles. The number of rotatable bonds is 4. The van der Waals surface area contributed by atoms with Gasteiger partial charge in [-0.25, -0.2) is 0 Å². The van der Waals surface area contributed by atoms with Gasteiger partial charge in [0.25, 0.3) is 0 Å². The summed E-state index contributed by atoms with van der Waals surface area (Å²) in [6.07, 6.45) is 1.92. The second-order valence-corrected chi connectivity index (χ2v) is 4.64. The van der Waals surface area contributed by atoms with Gasteiger partial charge in [-0.05, 0) is 18.7 Å². The highest BCUT2D eigenvalue weighted by molar-refractivity contribution is 5.78. The second kappa shape index (κ2) is 5.24. The Kier molecular flexibility index (Phi) is 3.29. The van der Waals surface area contributed by atoms with Crippen LogP contribution in [0.15, 0.2) is 60.8 Å². The lowest BCUT2D eigenvalue weighted by Gasteiger charge is -2.17. The molecule has 0 radical (unpaired) electrons. The highest BCUT2D eigenvalue weighted by Gasteiger charge is 2.11. The summed E-state index contributed by atoms with van der Waals surface area (Å²) >= 11 is 0. The molecule has 2 aromatic carbocycles. The molecule has 0 amide bonds. The third-order valence-electron chi connectivity index (χ3n) is 3.46. The van der Waals surface area contributed by atoms with Gasteiger partial charge in [-0.1, -0.05) is 48.5 Å². The molecule has 0 aliphatic carbocycles. The van der Waals surface area contributed by atoms with Crippen molar-refractivity contribution < 1.29 is 0 Å². The molecule has 96 valence electrons. The fourth-order valence-corrected chi connectivity index (χ4v) is 2.39. The highest BCUT2D eigenvalue weighted by atomic mass is 15.3. The first-order valence-electron chi connectivity index (χ1n) is 6.51. The number of hydrogen-bond acceptors (Lipinski definition) is 2. The SMILES string of the molecule is CNC(Cn1ncc2ccccc21)c1ccccc1. The van der Waals surface area contributed by atoms with Crippen molar-refractivity contribution in [2.24, 2.45) is 0 Å². The standard InChI is InChI=1S/C16H17N3/c1-17-15(13-7-3-2-4-8-13)12-19-16-10-6-5-9-14(16)11-18-19/h2-11,15,17H,12H2,1H3. The Morgan fingerprint density at radius 1 is 1.05 bits per heavy atom. The van der Waals surface area contributed by atoms with E-state index in [1.54, 1.807) is 0 Å². The number of aromatic nitrogens is 2. The molecule has 3 rings (SSSR count). The monoisotopic (exact) mass is 251 g/mol. The number of para-hydroxylation sites is 1. The summed E-state index contributed by atoms with van der Waals surface area (Å²) < 4.78 is 2.06. The smallest absolute Gasteiger partial charge is 0.0683 e. The van der Waals surface area contributed by atoms with Crippen LogP contribution in [0.25, 0.3) is 10.9 Å². The van der Waals surface area contributed by atoms with Gasteiger partial charge in [0.1, 0.15) is 0 Å². The maximum absolute atomic E-state index is 4.49. The van der Waals surface area contributed by atoms with Crippen molar-refractivity contribution in [3.8, 4) is 0 Å². The van der Waals surface area contributed by atoms with E-state index in [0.29, 0.717) is 0 Å². The van der Waals surface area contributed by atoms with E-state index in [1.165, 1.54) is 16.5 Å². The van der Waals surface area contributed by atoms with Crippen molar-refractivity contribution in [3.63, 3.8) is 0 Å². The molecule has 0 spiro atoms. The number of hydrogen-bond donors (Lipinski definition) is 1. The van der Waals surface area contributed by atoms with Crippen LogP contribution in [0, 0.1) is 0 Å². The van der Waals surface area contributed by atoms with Gasteiger partial charge in [0.05, 0.1) is 24.3 Å². The van der Waals surface area contributed by atoms with Crippen molar-refractivity contribution in [2.45, 2.75) is 12.6 Å². The zero-order valence-electron chi connectivity index (χ0n) is 11.0. The molecule has 0 saturated heterocycles.